The van der Waals surface area contributed by atoms with Crippen LogP contribution < -0.4 is 5.32 Å². The normalized spacial score (nSPS) is 19.3. The van der Waals surface area contributed by atoms with Gasteiger partial charge in [0.15, 0.2) is 16.1 Å². The van der Waals surface area contributed by atoms with Gasteiger partial charge in [-0.1, -0.05) is 19.0 Å². The topological polar surface area (TPSA) is 108 Å². The zero-order valence-electron chi connectivity index (χ0n) is 19.6. The predicted molar refractivity (Wildman–Crippen MR) is 115 cm³/mol. The fraction of sp³-hybridized carbons (Fsp3) is 0.810. The van der Waals surface area contributed by atoms with E-state index in [-0.39, 0.29) is 18.3 Å². The molecule has 1 saturated heterocycles. The number of carbonyl (C=O) groups is 1. The van der Waals surface area contributed by atoms with Crippen LogP contribution in [0.1, 0.15) is 72.4 Å². The first kappa shape index (κ1) is 27.6. The minimum Gasteiger partial charge on any atom is -0.353 e. The Bertz CT molecular complexity index is 905. The largest absolute Gasteiger partial charge is 0.389 e. The predicted octanol–water partition coefficient (Wildman–Crippen LogP) is 4.36. The molecule has 1 fully saturated rings. The second kappa shape index (κ2) is 10.3. The van der Waals surface area contributed by atoms with E-state index in [9.17, 15) is 26.4 Å². The first-order valence-corrected chi connectivity index (χ1v) is 12.6. The van der Waals surface area contributed by atoms with Crippen molar-refractivity contribution in [3.63, 3.8) is 0 Å². The number of sulfone groups is 1. The maximum atomic E-state index is 12.7. The summed E-state index contributed by atoms with van der Waals surface area (Å²) in [7, 11) is -4.16. The number of halogens is 3. The molecule has 2 rings (SSSR count). The van der Waals surface area contributed by atoms with Gasteiger partial charge in [-0.05, 0) is 46.5 Å². The van der Waals surface area contributed by atoms with E-state index in [1.165, 1.54) is 6.07 Å². The summed E-state index contributed by atoms with van der Waals surface area (Å²) in [4.78, 5) is 12.7. The number of hydrogen-bond acceptors (Lipinski definition) is 7. The molecule has 0 saturated carbocycles. The lowest BCUT2D eigenvalue weighted by molar-refractivity contribution is -0.196. The molecule has 0 aromatic carbocycles. The summed E-state index contributed by atoms with van der Waals surface area (Å²) in [5.41, 5.74) is -0.140. The fourth-order valence-electron chi connectivity index (χ4n) is 3.18. The van der Waals surface area contributed by atoms with Crippen molar-refractivity contribution in [1.29, 1.82) is 0 Å². The van der Waals surface area contributed by atoms with Crippen LogP contribution in [0.2, 0.25) is 0 Å². The second-order valence-electron chi connectivity index (χ2n) is 9.37. The number of aromatic nitrogens is 1. The molecular weight excluding hydrogens is 465 g/mol. The van der Waals surface area contributed by atoms with Gasteiger partial charge in [0.25, 0.3) is 0 Å². The van der Waals surface area contributed by atoms with Crippen molar-refractivity contribution in [2.24, 2.45) is 0 Å². The average molecular weight is 499 g/mol. The minimum absolute atomic E-state index is 0.0669. The molecule has 2 atom stereocenters. The quantitative estimate of drug-likeness (QED) is 0.511. The molecule has 0 spiro atoms. The molecule has 1 unspecified atom stereocenters. The van der Waals surface area contributed by atoms with Crippen LogP contribution in [0, 0.1) is 0 Å². The number of hydrogen-bond donors (Lipinski definition) is 1. The van der Waals surface area contributed by atoms with Crippen LogP contribution in [0.25, 0.3) is 0 Å². The van der Waals surface area contributed by atoms with Gasteiger partial charge in [0.05, 0.1) is 17.6 Å². The SMILES string of the molecule is C[C@H](OC1CCCCO1)C(C)(C)c1cc(NC(=O)C(C)(C)S(=O)(=O)CCCC(F)(F)F)on1. The Hall–Kier alpha value is -1.66. The number of nitrogens with one attached hydrogen (secondary N) is 1. The number of amides is 1. The molecule has 190 valence electrons. The van der Waals surface area contributed by atoms with Crippen molar-refractivity contribution in [2.75, 3.05) is 17.7 Å². The second-order valence-corrected chi connectivity index (χ2v) is 12.0. The zero-order valence-corrected chi connectivity index (χ0v) is 20.4. The molecule has 1 amide bonds. The number of nitrogens with zero attached hydrogens (tertiary/aromatic N) is 1. The third-order valence-electron chi connectivity index (χ3n) is 6.11. The molecule has 2 heterocycles. The smallest absolute Gasteiger partial charge is 0.353 e. The van der Waals surface area contributed by atoms with Gasteiger partial charge in [0.2, 0.25) is 11.8 Å². The number of rotatable bonds is 10. The highest BCUT2D eigenvalue weighted by molar-refractivity contribution is 7.93. The van der Waals surface area contributed by atoms with Crippen molar-refractivity contribution in [3.05, 3.63) is 11.8 Å². The summed E-state index contributed by atoms with van der Waals surface area (Å²) in [6, 6.07) is 1.48. The van der Waals surface area contributed by atoms with Gasteiger partial charge >= 0.3 is 6.18 Å². The summed E-state index contributed by atoms with van der Waals surface area (Å²) >= 11 is 0. The van der Waals surface area contributed by atoms with Gasteiger partial charge in [-0.2, -0.15) is 13.2 Å². The first-order valence-electron chi connectivity index (χ1n) is 10.9. The molecule has 0 radical (unpaired) electrons. The number of anilines is 1. The zero-order chi connectivity index (χ0) is 25.1. The Morgan fingerprint density at radius 1 is 1.27 bits per heavy atom. The van der Waals surface area contributed by atoms with E-state index in [0.717, 1.165) is 33.1 Å². The number of ether oxygens (including phenoxy) is 2. The Balaban J connectivity index is 2.03. The van der Waals surface area contributed by atoms with Gasteiger partial charge in [-0.3, -0.25) is 10.1 Å². The maximum absolute atomic E-state index is 12.7. The molecule has 1 aromatic rings. The molecule has 1 aliphatic heterocycles. The third-order valence-corrected chi connectivity index (χ3v) is 8.68. The Kier molecular flexibility index (Phi) is 8.61. The number of alkyl halides is 3. The molecule has 12 heteroatoms. The van der Waals surface area contributed by atoms with E-state index < -0.39 is 50.7 Å². The van der Waals surface area contributed by atoms with Gasteiger partial charge in [0.1, 0.15) is 4.75 Å². The van der Waals surface area contributed by atoms with E-state index in [4.69, 9.17) is 14.0 Å². The lowest BCUT2D eigenvalue weighted by Gasteiger charge is -2.34. The van der Waals surface area contributed by atoms with Crippen molar-refractivity contribution >= 4 is 21.6 Å². The fourth-order valence-corrected chi connectivity index (χ4v) is 4.55. The monoisotopic (exact) mass is 498 g/mol. The Morgan fingerprint density at radius 3 is 2.52 bits per heavy atom. The summed E-state index contributed by atoms with van der Waals surface area (Å²) in [5, 5.41) is 6.36. The van der Waals surface area contributed by atoms with Gasteiger partial charge in [0, 0.05) is 24.5 Å². The Labute approximate surface area is 192 Å². The van der Waals surface area contributed by atoms with Crippen molar-refractivity contribution < 1.29 is 40.4 Å². The Morgan fingerprint density at radius 2 is 1.94 bits per heavy atom. The van der Waals surface area contributed by atoms with E-state index in [2.05, 4.69) is 10.5 Å². The van der Waals surface area contributed by atoms with Crippen LogP contribution in [0.5, 0.6) is 0 Å². The average Bonchev–Trinajstić information content (AvgIpc) is 3.16. The molecule has 1 N–H and O–H groups in total. The van der Waals surface area contributed by atoms with Crippen LogP contribution in [0.4, 0.5) is 19.1 Å². The number of carbonyl (C=O) groups excluding carboxylic acids is 1. The maximum Gasteiger partial charge on any atom is 0.389 e. The molecule has 1 aromatic heterocycles. The van der Waals surface area contributed by atoms with Crippen molar-refractivity contribution in [3.8, 4) is 0 Å². The van der Waals surface area contributed by atoms with E-state index in [1.54, 1.807) is 0 Å². The van der Waals surface area contributed by atoms with Gasteiger partial charge in [-0.25, -0.2) is 8.42 Å². The summed E-state index contributed by atoms with van der Waals surface area (Å²) < 4.78 is 76.9. The van der Waals surface area contributed by atoms with E-state index >= 15 is 0 Å². The molecular formula is C21H33F3N2O6S. The van der Waals surface area contributed by atoms with Crippen LogP contribution in [0.15, 0.2) is 10.6 Å². The minimum atomic E-state index is -4.46. The van der Waals surface area contributed by atoms with Crippen LogP contribution >= 0.6 is 0 Å². The van der Waals surface area contributed by atoms with E-state index in [0.29, 0.717) is 12.3 Å². The third kappa shape index (κ3) is 7.16. The van der Waals surface area contributed by atoms with Gasteiger partial charge < -0.3 is 14.0 Å². The first-order chi connectivity index (χ1) is 15.1. The summed E-state index contributed by atoms with van der Waals surface area (Å²) in [6.45, 7) is 8.59. The molecule has 0 aliphatic carbocycles. The molecule has 33 heavy (non-hydrogen) atoms. The highest BCUT2D eigenvalue weighted by atomic mass is 32.2. The van der Waals surface area contributed by atoms with Crippen LogP contribution in [-0.4, -0.2) is 55.2 Å². The van der Waals surface area contributed by atoms with Crippen molar-refractivity contribution in [2.45, 2.75) is 95.5 Å². The lowest BCUT2D eigenvalue weighted by Crippen LogP contribution is -2.45. The highest BCUT2D eigenvalue weighted by Gasteiger charge is 2.43. The highest BCUT2D eigenvalue weighted by Crippen LogP contribution is 2.32. The lowest BCUT2D eigenvalue weighted by atomic mass is 9.84. The van der Waals surface area contributed by atoms with Crippen LogP contribution in [-0.2, 0) is 29.5 Å². The molecule has 1 aliphatic rings. The standard InChI is InChI=1S/C21H33F3N2O6S/c1-14(31-17-9-6-7-11-30-17)19(2,3)15-13-16(32-26-15)25-18(27)20(4,5)33(28,29)12-8-10-21(22,23)24/h13-14,17H,6-12H2,1-5H3,(H,25,27)/t14-,17?/m0/s1. The van der Waals surface area contributed by atoms with Gasteiger partial charge in [-0.15, -0.1) is 0 Å². The molecule has 8 nitrogen and oxygen atoms in total. The van der Waals surface area contributed by atoms with E-state index in [1.807, 2.05) is 20.8 Å². The van der Waals surface area contributed by atoms with Crippen LogP contribution in [0.3, 0.4) is 0 Å². The summed E-state index contributed by atoms with van der Waals surface area (Å²) in [6.07, 6.45) is -4.11. The van der Waals surface area contributed by atoms with Crippen molar-refractivity contribution in [1.82, 2.24) is 5.16 Å². The summed E-state index contributed by atoms with van der Waals surface area (Å²) in [5.74, 6) is -1.75. The molecule has 0 bridgehead atoms.